The van der Waals surface area contributed by atoms with E-state index in [-0.39, 0.29) is 11.7 Å². The summed E-state index contributed by atoms with van der Waals surface area (Å²) in [6.07, 6.45) is 0. The smallest absolute Gasteiger partial charge is 0.261 e. The minimum Gasteiger partial charge on any atom is -0.492 e. The lowest BCUT2D eigenvalue weighted by atomic mass is 10.3. The van der Waals surface area contributed by atoms with Gasteiger partial charge in [-0.3, -0.25) is 4.79 Å². The summed E-state index contributed by atoms with van der Waals surface area (Å²) in [5, 5.41) is 2.77. The van der Waals surface area contributed by atoms with E-state index < -0.39 is 0 Å². The summed E-state index contributed by atoms with van der Waals surface area (Å²) in [6.45, 7) is 2.72. The number of benzene rings is 1. The Labute approximate surface area is 115 Å². The van der Waals surface area contributed by atoms with E-state index in [4.69, 9.17) is 4.74 Å². The van der Waals surface area contributed by atoms with Crippen molar-refractivity contribution in [1.29, 1.82) is 0 Å². The maximum absolute atomic E-state index is 12.7. The lowest BCUT2D eigenvalue weighted by Gasteiger charge is -2.06. The Morgan fingerprint density at radius 3 is 2.63 bits per heavy atom. The summed E-state index contributed by atoms with van der Waals surface area (Å²) in [5.74, 6) is 0.192. The monoisotopic (exact) mass is 279 g/mol. The third-order valence-corrected chi connectivity index (χ3v) is 3.43. The highest BCUT2D eigenvalue weighted by atomic mass is 32.1. The highest BCUT2D eigenvalue weighted by molar-refractivity contribution is 7.13. The van der Waals surface area contributed by atoms with Gasteiger partial charge in [-0.05, 0) is 43.3 Å². The van der Waals surface area contributed by atoms with Crippen molar-refractivity contribution >= 4 is 17.2 Å². The summed E-state index contributed by atoms with van der Waals surface area (Å²) < 4.78 is 18.0. The maximum Gasteiger partial charge on any atom is 0.261 e. The first-order valence-electron chi connectivity index (χ1n) is 5.88. The van der Waals surface area contributed by atoms with E-state index in [9.17, 15) is 9.18 Å². The lowest BCUT2D eigenvalue weighted by molar-refractivity contribution is 0.0951. The second kappa shape index (κ2) is 6.33. The van der Waals surface area contributed by atoms with Gasteiger partial charge in [0, 0.05) is 4.88 Å². The molecule has 1 heterocycles. The van der Waals surface area contributed by atoms with Crippen molar-refractivity contribution in [1.82, 2.24) is 5.32 Å². The van der Waals surface area contributed by atoms with Crippen LogP contribution in [0.5, 0.6) is 5.75 Å². The molecule has 1 amide bonds. The Bertz CT molecular complexity index is 551. The minimum atomic E-state index is -0.297. The third kappa shape index (κ3) is 4.06. The second-order valence-corrected chi connectivity index (χ2v) is 5.26. The zero-order valence-corrected chi connectivity index (χ0v) is 11.3. The number of amides is 1. The molecule has 0 unspecified atom stereocenters. The van der Waals surface area contributed by atoms with Gasteiger partial charge in [0.05, 0.1) is 11.4 Å². The van der Waals surface area contributed by atoms with Crippen molar-refractivity contribution in [3.8, 4) is 5.75 Å². The van der Waals surface area contributed by atoms with E-state index in [2.05, 4.69) is 5.32 Å². The van der Waals surface area contributed by atoms with Gasteiger partial charge in [-0.15, -0.1) is 11.3 Å². The molecule has 3 nitrogen and oxygen atoms in total. The van der Waals surface area contributed by atoms with Gasteiger partial charge in [0.25, 0.3) is 5.91 Å². The molecule has 2 rings (SSSR count). The topological polar surface area (TPSA) is 38.3 Å². The maximum atomic E-state index is 12.7. The van der Waals surface area contributed by atoms with E-state index in [1.54, 1.807) is 18.2 Å². The quantitative estimate of drug-likeness (QED) is 0.854. The summed E-state index contributed by atoms with van der Waals surface area (Å²) in [7, 11) is 0. The molecule has 0 aliphatic rings. The van der Waals surface area contributed by atoms with Crippen molar-refractivity contribution in [2.24, 2.45) is 0 Å². The van der Waals surface area contributed by atoms with Crippen LogP contribution in [0.15, 0.2) is 36.4 Å². The van der Waals surface area contributed by atoms with E-state index in [1.165, 1.54) is 23.5 Å². The Hall–Kier alpha value is -1.88. The SMILES string of the molecule is Cc1ccc(C(=O)NCCOc2ccc(F)cc2)s1. The normalized spacial score (nSPS) is 10.2. The molecule has 2 aromatic rings. The van der Waals surface area contributed by atoms with Crippen LogP contribution in [0, 0.1) is 12.7 Å². The molecule has 0 radical (unpaired) electrons. The summed E-state index contributed by atoms with van der Waals surface area (Å²) in [5.41, 5.74) is 0. The number of rotatable bonds is 5. The molecule has 0 aliphatic heterocycles. The predicted molar refractivity (Wildman–Crippen MR) is 73.3 cm³/mol. The molecule has 1 aromatic heterocycles. The largest absolute Gasteiger partial charge is 0.492 e. The van der Waals surface area contributed by atoms with E-state index in [1.807, 2.05) is 13.0 Å². The fraction of sp³-hybridized carbons (Fsp3) is 0.214. The van der Waals surface area contributed by atoms with Crippen LogP contribution in [0.25, 0.3) is 0 Å². The van der Waals surface area contributed by atoms with Crippen LogP contribution in [0.4, 0.5) is 4.39 Å². The Kier molecular flexibility index (Phi) is 4.52. The van der Waals surface area contributed by atoms with Crippen LogP contribution in [-0.4, -0.2) is 19.1 Å². The van der Waals surface area contributed by atoms with Crippen LogP contribution in [0.1, 0.15) is 14.5 Å². The van der Waals surface area contributed by atoms with E-state index in [0.717, 1.165) is 4.88 Å². The molecule has 0 fully saturated rings. The fourth-order valence-corrected chi connectivity index (χ4v) is 2.29. The average molecular weight is 279 g/mol. The minimum absolute atomic E-state index is 0.0965. The number of carbonyl (C=O) groups is 1. The Morgan fingerprint density at radius 1 is 1.26 bits per heavy atom. The molecule has 5 heteroatoms. The van der Waals surface area contributed by atoms with E-state index >= 15 is 0 Å². The molecule has 0 saturated carbocycles. The van der Waals surface area contributed by atoms with Crippen LogP contribution in [-0.2, 0) is 0 Å². The fourth-order valence-electron chi connectivity index (χ4n) is 1.51. The molecule has 1 N–H and O–H groups in total. The van der Waals surface area contributed by atoms with Crippen LogP contribution >= 0.6 is 11.3 Å². The van der Waals surface area contributed by atoms with Crippen molar-refractivity contribution in [2.75, 3.05) is 13.2 Å². The molecule has 0 spiro atoms. The van der Waals surface area contributed by atoms with Gasteiger partial charge in [0.2, 0.25) is 0 Å². The molecular weight excluding hydrogens is 265 g/mol. The molecule has 0 aliphatic carbocycles. The van der Waals surface area contributed by atoms with Crippen molar-refractivity contribution < 1.29 is 13.9 Å². The van der Waals surface area contributed by atoms with Crippen molar-refractivity contribution in [3.63, 3.8) is 0 Å². The van der Waals surface area contributed by atoms with Gasteiger partial charge in [-0.25, -0.2) is 4.39 Å². The molecule has 100 valence electrons. The van der Waals surface area contributed by atoms with Crippen molar-refractivity contribution in [3.05, 3.63) is 52.0 Å². The van der Waals surface area contributed by atoms with Gasteiger partial charge < -0.3 is 10.1 Å². The number of ether oxygens (including phenoxy) is 1. The number of thiophene rings is 1. The molecule has 1 aromatic carbocycles. The first kappa shape index (κ1) is 13.5. The average Bonchev–Trinajstić information content (AvgIpc) is 2.83. The molecule has 0 bridgehead atoms. The predicted octanol–water partition coefficient (Wildman–Crippen LogP) is 3.00. The van der Waals surface area contributed by atoms with Gasteiger partial charge in [0.15, 0.2) is 0 Å². The van der Waals surface area contributed by atoms with Gasteiger partial charge >= 0.3 is 0 Å². The Balaban J connectivity index is 1.72. The van der Waals surface area contributed by atoms with Crippen LogP contribution in [0.2, 0.25) is 0 Å². The zero-order chi connectivity index (χ0) is 13.7. The second-order valence-electron chi connectivity index (χ2n) is 3.97. The first-order valence-corrected chi connectivity index (χ1v) is 6.70. The lowest BCUT2D eigenvalue weighted by Crippen LogP contribution is -2.27. The Morgan fingerprint density at radius 2 is 2.00 bits per heavy atom. The van der Waals surface area contributed by atoms with Crippen molar-refractivity contribution in [2.45, 2.75) is 6.92 Å². The highest BCUT2D eigenvalue weighted by Gasteiger charge is 2.06. The van der Waals surface area contributed by atoms with Crippen LogP contribution in [0.3, 0.4) is 0 Å². The molecule has 19 heavy (non-hydrogen) atoms. The van der Waals surface area contributed by atoms with Gasteiger partial charge in [-0.2, -0.15) is 0 Å². The highest BCUT2D eigenvalue weighted by Crippen LogP contribution is 2.14. The van der Waals surface area contributed by atoms with Gasteiger partial charge in [0.1, 0.15) is 18.2 Å². The first-order chi connectivity index (χ1) is 9.15. The summed E-state index contributed by atoms with van der Waals surface area (Å²) in [6, 6.07) is 9.50. The van der Waals surface area contributed by atoms with Crippen LogP contribution < -0.4 is 10.1 Å². The number of aryl methyl sites for hydroxylation is 1. The van der Waals surface area contributed by atoms with Gasteiger partial charge in [-0.1, -0.05) is 0 Å². The molecular formula is C14H14FNO2S. The zero-order valence-electron chi connectivity index (χ0n) is 10.5. The third-order valence-electron chi connectivity index (χ3n) is 2.43. The number of hydrogen-bond donors (Lipinski definition) is 1. The summed E-state index contributed by atoms with van der Waals surface area (Å²) in [4.78, 5) is 13.5. The molecule has 0 saturated heterocycles. The molecule has 0 atom stereocenters. The number of hydrogen-bond acceptors (Lipinski definition) is 3. The number of halogens is 1. The number of nitrogens with one attached hydrogen (secondary N) is 1. The number of carbonyl (C=O) groups excluding carboxylic acids is 1. The standard InChI is InChI=1S/C14H14FNO2S/c1-10-2-7-13(19-10)14(17)16-8-9-18-12-5-3-11(15)4-6-12/h2-7H,8-9H2,1H3,(H,16,17). The van der Waals surface area contributed by atoms with E-state index in [0.29, 0.717) is 23.8 Å². The summed E-state index contributed by atoms with van der Waals surface area (Å²) >= 11 is 1.46.